The number of piperidine rings is 1. The lowest BCUT2D eigenvalue weighted by molar-refractivity contribution is -0.638. The van der Waals surface area contributed by atoms with Gasteiger partial charge in [-0.25, -0.2) is 15.0 Å². The number of rotatable bonds is 4. The first-order valence-electron chi connectivity index (χ1n) is 8.38. The van der Waals surface area contributed by atoms with Gasteiger partial charge in [0.2, 0.25) is 6.04 Å². The molecular weight excluding hydrogens is 318 g/mol. The summed E-state index contributed by atoms with van der Waals surface area (Å²) in [4.78, 5) is 31.0. The number of nitrogens with zero attached hydrogens (tertiary/aromatic N) is 5. The van der Waals surface area contributed by atoms with Crippen LogP contribution in [0.5, 0.6) is 0 Å². The minimum atomic E-state index is 0.0202. The lowest BCUT2D eigenvalue weighted by Crippen LogP contribution is -2.43. The summed E-state index contributed by atoms with van der Waals surface area (Å²) in [6.45, 7) is 1.67. The summed E-state index contributed by atoms with van der Waals surface area (Å²) in [5.41, 5.74) is 6.65. The molecule has 8 heteroatoms. The second-order valence-corrected chi connectivity index (χ2v) is 6.15. The number of nitroso groups, excluding NO2 is 1. The van der Waals surface area contributed by atoms with E-state index in [1.807, 2.05) is 18.5 Å². The molecule has 4 rings (SSSR count). The molecule has 1 aliphatic rings. The molecule has 0 unspecified atom stereocenters. The van der Waals surface area contributed by atoms with Gasteiger partial charge < -0.3 is 9.88 Å². The van der Waals surface area contributed by atoms with Crippen molar-refractivity contribution in [2.45, 2.75) is 18.9 Å². The monoisotopic (exact) mass is 338 g/mol. The van der Waals surface area contributed by atoms with Crippen molar-refractivity contribution in [2.75, 3.05) is 25.0 Å². The average molecular weight is 338 g/mol. The predicted octanol–water partition coefficient (Wildman–Crippen LogP) is 1.90. The first kappa shape index (κ1) is 15.5. The Morgan fingerprint density at radius 1 is 1.28 bits per heavy atom. The van der Waals surface area contributed by atoms with E-state index in [0.29, 0.717) is 0 Å². The van der Waals surface area contributed by atoms with E-state index in [2.05, 4.69) is 30.3 Å². The third-order valence-electron chi connectivity index (χ3n) is 4.78. The van der Waals surface area contributed by atoms with Crippen molar-refractivity contribution in [3.8, 4) is 11.1 Å². The maximum Gasteiger partial charge on any atom is 0.237 e. The van der Waals surface area contributed by atoms with Crippen LogP contribution in [-0.2, 0) is 0 Å². The van der Waals surface area contributed by atoms with Gasteiger partial charge in [-0.05, 0) is 6.07 Å². The van der Waals surface area contributed by atoms with E-state index in [9.17, 15) is 4.91 Å². The number of nitrogens with one attached hydrogen (secondary N) is 2. The number of hydrogen-bond acceptors (Lipinski definition) is 5. The SMILES string of the molecule is CN[N+](=O)C1CCN(c2ccnc3[nH]cc(-c4cncnc4)c23)CC1. The summed E-state index contributed by atoms with van der Waals surface area (Å²) in [6.07, 6.45) is 10.6. The second kappa shape index (κ2) is 6.46. The van der Waals surface area contributed by atoms with Gasteiger partial charge >= 0.3 is 0 Å². The molecule has 128 valence electrons. The van der Waals surface area contributed by atoms with E-state index < -0.39 is 0 Å². The standard InChI is InChI=1S/C17H20N7O/c1-18-24(25)13-3-6-23(7-4-13)15-2-5-21-17-16(15)14(10-22-17)12-8-19-11-20-9-12/h2,5,8-11,13H,3-4,6-7H2,1H3,(H,18,25)(H,21,22)/q+1. The van der Waals surface area contributed by atoms with Gasteiger partial charge in [0.05, 0.1) is 12.0 Å². The number of fused-ring (bicyclic) bond motifs is 1. The highest BCUT2D eigenvalue weighted by molar-refractivity contribution is 6.02. The van der Waals surface area contributed by atoms with Crippen LogP contribution in [0.25, 0.3) is 22.2 Å². The van der Waals surface area contributed by atoms with Gasteiger partial charge in [0, 0.05) is 72.9 Å². The molecule has 1 aliphatic heterocycles. The van der Waals surface area contributed by atoms with Crippen molar-refractivity contribution >= 4 is 16.7 Å². The number of hydrazine groups is 1. The molecule has 0 spiro atoms. The fraction of sp³-hybridized carbons (Fsp3) is 0.353. The highest BCUT2D eigenvalue weighted by Crippen LogP contribution is 2.35. The van der Waals surface area contributed by atoms with Gasteiger partial charge in [0.1, 0.15) is 16.8 Å². The Hall–Kier alpha value is -3.03. The second-order valence-electron chi connectivity index (χ2n) is 6.15. The zero-order valence-corrected chi connectivity index (χ0v) is 14.0. The lowest BCUT2D eigenvalue weighted by Gasteiger charge is -2.30. The van der Waals surface area contributed by atoms with E-state index in [1.165, 1.54) is 6.33 Å². The molecule has 3 aromatic rings. The Labute approximate surface area is 144 Å². The molecule has 0 saturated carbocycles. The van der Waals surface area contributed by atoms with Crippen LogP contribution in [-0.4, -0.2) is 51.0 Å². The summed E-state index contributed by atoms with van der Waals surface area (Å²) < 4.78 is 0. The van der Waals surface area contributed by atoms with Gasteiger partial charge in [-0.1, -0.05) is 0 Å². The Morgan fingerprint density at radius 3 is 2.76 bits per heavy atom. The number of hydrogen-bond donors (Lipinski definition) is 2. The molecule has 1 fully saturated rings. The summed E-state index contributed by atoms with van der Waals surface area (Å²) >= 11 is 0. The fourth-order valence-electron chi connectivity index (χ4n) is 3.49. The maximum atomic E-state index is 11.8. The molecule has 4 heterocycles. The molecule has 0 bridgehead atoms. The normalized spacial score (nSPS) is 15.5. The summed E-state index contributed by atoms with van der Waals surface area (Å²) in [7, 11) is 1.67. The van der Waals surface area contributed by atoms with Crippen LogP contribution >= 0.6 is 0 Å². The molecule has 1 saturated heterocycles. The highest BCUT2D eigenvalue weighted by atomic mass is 16.3. The van der Waals surface area contributed by atoms with Crippen LogP contribution in [0.15, 0.2) is 37.2 Å². The molecule has 0 aliphatic carbocycles. The van der Waals surface area contributed by atoms with E-state index in [-0.39, 0.29) is 6.04 Å². The van der Waals surface area contributed by atoms with Crippen LogP contribution < -0.4 is 10.3 Å². The molecule has 3 aromatic heterocycles. The van der Waals surface area contributed by atoms with E-state index in [0.717, 1.165) is 58.6 Å². The van der Waals surface area contributed by atoms with Crippen LogP contribution in [0.3, 0.4) is 0 Å². The van der Waals surface area contributed by atoms with Gasteiger partial charge in [-0.2, -0.15) is 5.43 Å². The van der Waals surface area contributed by atoms with E-state index in [4.69, 9.17) is 0 Å². The predicted molar refractivity (Wildman–Crippen MR) is 95.0 cm³/mol. The number of pyridine rings is 1. The van der Waals surface area contributed by atoms with Crippen molar-refractivity contribution < 1.29 is 4.87 Å². The van der Waals surface area contributed by atoms with Crippen LogP contribution in [0.4, 0.5) is 5.69 Å². The van der Waals surface area contributed by atoms with E-state index in [1.54, 1.807) is 19.4 Å². The Kier molecular flexibility index (Phi) is 4.01. The lowest BCUT2D eigenvalue weighted by atomic mass is 10.0. The van der Waals surface area contributed by atoms with Crippen LogP contribution in [0.1, 0.15) is 12.8 Å². The number of aromatic amines is 1. The highest BCUT2D eigenvalue weighted by Gasteiger charge is 2.31. The Bertz CT molecular complexity index is 884. The largest absolute Gasteiger partial charge is 0.370 e. The Balaban J connectivity index is 1.69. The molecule has 25 heavy (non-hydrogen) atoms. The summed E-state index contributed by atoms with van der Waals surface area (Å²) in [5, 5.41) is 1.07. The van der Waals surface area contributed by atoms with Crippen molar-refractivity contribution in [3.05, 3.63) is 42.1 Å². The van der Waals surface area contributed by atoms with Crippen LogP contribution in [0.2, 0.25) is 0 Å². The number of anilines is 1. The molecule has 2 N–H and O–H groups in total. The molecule has 0 aromatic carbocycles. The average Bonchev–Trinajstić information content (AvgIpc) is 3.12. The topological polar surface area (TPSA) is 89.8 Å². The van der Waals surface area contributed by atoms with Crippen LogP contribution in [0, 0.1) is 4.91 Å². The zero-order chi connectivity index (χ0) is 17.2. The Morgan fingerprint density at radius 2 is 2.04 bits per heavy atom. The van der Waals surface area contributed by atoms with E-state index >= 15 is 0 Å². The zero-order valence-electron chi connectivity index (χ0n) is 14.0. The van der Waals surface area contributed by atoms with Crippen molar-refractivity contribution in [2.24, 2.45) is 0 Å². The molecule has 0 radical (unpaired) electrons. The summed E-state index contributed by atoms with van der Waals surface area (Å²) in [6, 6.07) is 2.06. The number of aromatic nitrogens is 4. The molecule has 0 amide bonds. The first-order chi connectivity index (χ1) is 12.3. The molecular formula is C17H20N7O+. The molecule has 8 nitrogen and oxygen atoms in total. The minimum Gasteiger partial charge on any atom is -0.370 e. The van der Waals surface area contributed by atoms with Gasteiger partial charge in [-0.3, -0.25) is 0 Å². The maximum absolute atomic E-state index is 11.8. The van der Waals surface area contributed by atoms with Gasteiger partial charge in [-0.15, -0.1) is 0 Å². The first-order valence-corrected chi connectivity index (χ1v) is 8.38. The van der Waals surface area contributed by atoms with Gasteiger partial charge in [0.25, 0.3) is 0 Å². The third kappa shape index (κ3) is 2.79. The van der Waals surface area contributed by atoms with Gasteiger partial charge in [0.15, 0.2) is 0 Å². The number of H-pyrrole nitrogens is 1. The smallest absolute Gasteiger partial charge is 0.237 e. The van der Waals surface area contributed by atoms with Crippen molar-refractivity contribution in [1.82, 2.24) is 25.4 Å². The molecule has 0 atom stereocenters. The quantitative estimate of drug-likeness (QED) is 0.558. The van der Waals surface area contributed by atoms with Crippen molar-refractivity contribution in [1.29, 1.82) is 0 Å². The minimum absolute atomic E-state index is 0.0202. The summed E-state index contributed by atoms with van der Waals surface area (Å²) in [5.74, 6) is 0. The van der Waals surface area contributed by atoms with Crippen molar-refractivity contribution in [3.63, 3.8) is 0 Å². The fourth-order valence-corrected chi connectivity index (χ4v) is 3.49. The third-order valence-corrected chi connectivity index (χ3v) is 4.78.